The summed E-state index contributed by atoms with van der Waals surface area (Å²) in [5.41, 5.74) is 3.42. The minimum absolute atomic E-state index is 0.294. The number of anilines is 2. The monoisotopic (exact) mass is 529 g/mol. The second-order valence-electron chi connectivity index (χ2n) is 12.7. The molecule has 39 heavy (non-hydrogen) atoms. The maximum atomic E-state index is 5.70. The van der Waals surface area contributed by atoms with Crippen molar-refractivity contribution in [3.8, 4) is 11.4 Å². The molecule has 1 N–H and O–H groups in total. The van der Waals surface area contributed by atoms with E-state index in [-0.39, 0.29) is 0 Å². The van der Waals surface area contributed by atoms with Gasteiger partial charge in [0.15, 0.2) is 5.54 Å². The van der Waals surface area contributed by atoms with Crippen molar-refractivity contribution in [3.63, 3.8) is 0 Å². The Labute approximate surface area is 230 Å². The van der Waals surface area contributed by atoms with Gasteiger partial charge >= 0.3 is 0 Å². The van der Waals surface area contributed by atoms with E-state index in [0.29, 0.717) is 30.4 Å². The highest BCUT2D eigenvalue weighted by Crippen LogP contribution is 2.35. The number of pyridine rings is 1. The van der Waals surface area contributed by atoms with Crippen molar-refractivity contribution in [1.82, 2.24) is 35.3 Å². The molecule has 3 saturated heterocycles. The van der Waals surface area contributed by atoms with Crippen molar-refractivity contribution in [2.24, 2.45) is 11.3 Å². The van der Waals surface area contributed by atoms with Crippen LogP contribution in [0, 0.1) is 11.3 Å². The molecule has 4 fully saturated rings. The highest BCUT2D eigenvalue weighted by atomic mass is 16.5. The first-order valence-electron chi connectivity index (χ1n) is 14.5. The fourth-order valence-corrected chi connectivity index (χ4v) is 6.10. The summed E-state index contributed by atoms with van der Waals surface area (Å²) in [7, 11) is 0. The number of nitrogens with one attached hydrogen (secondary N) is 1. The van der Waals surface area contributed by atoms with Crippen molar-refractivity contribution >= 4 is 11.5 Å². The van der Waals surface area contributed by atoms with Crippen LogP contribution >= 0.6 is 0 Å². The van der Waals surface area contributed by atoms with Crippen LogP contribution in [0.2, 0.25) is 0 Å². The molecule has 3 aromatic heterocycles. The predicted octanol–water partition coefficient (Wildman–Crippen LogP) is 3.11. The molecule has 1 atom stereocenters. The van der Waals surface area contributed by atoms with Crippen LogP contribution in [-0.2, 0) is 10.3 Å². The van der Waals surface area contributed by atoms with Gasteiger partial charge in [0.2, 0.25) is 0 Å². The van der Waals surface area contributed by atoms with Gasteiger partial charge in [-0.25, -0.2) is 9.67 Å². The van der Waals surface area contributed by atoms with Crippen molar-refractivity contribution in [2.75, 3.05) is 55.7 Å². The van der Waals surface area contributed by atoms with E-state index < -0.39 is 5.54 Å². The van der Waals surface area contributed by atoms with Gasteiger partial charge < -0.3 is 19.9 Å². The van der Waals surface area contributed by atoms with Crippen LogP contribution in [-0.4, -0.2) is 81.9 Å². The zero-order chi connectivity index (χ0) is 26.5. The first kappa shape index (κ1) is 24.9. The lowest BCUT2D eigenvalue weighted by atomic mass is 9.92. The Morgan fingerprint density at radius 2 is 1.92 bits per heavy atom. The maximum absolute atomic E-state index is 5.70. The van der Waals surface area contributed by atoms with E-state index >= 15 is 0 Å². The number of ether oxygens (including phenoxy) is 1. The fourth-order valence-electron chi connectivity index (χ4n) is 6.10. The van der Waals surface area contributed by atoms with Gasteiger partial charge in [-0.1, -0.05) is 19.1 Å². The van der Waals surface area contributed by atoms with Crippen molar-refractivity contribution in [1.29, 1.82) is 0 Å². The van der Waals surface area contributed by atoms with Crippen LogP contribution in [0.15, 0.2) is 36.9 Å². The normalized spacial score (nSPS) is 24.1. The standard InChI is InChI=1S/C29H39N9O/c1-28(2)9-11-37(18-28)27-15-30-14-24(33-27)25-17-38(35-34-25)29(19-39-20-29)26-8-7-23(13-32-26)36-10-3-4-22(16-36)31-12-21-5-6-21/h7-8,13-15,17,21-22,31H,3-6,9-12,16,18-20H2,1-2H3. The number of aromatic nitrogens is 6. The van der Waals surface area contributed by atoms with Crippen LogP contribution < -0.4 is 15.1 Å². The summed E-state index contributed by atoms with van der Waals surface area (Å²) in [6.07, 6.45) is 14.0. The molecule has 0 spiro atoms. The Kier molecular flexibility index (Phi) is 6.27. The molecule has 3 aromatic rings. The van der Waals surface area contributed by atoms with E-state index in [1.54, 1.807) is 6.20 Å². The number of rotatable bonds is 8. The maximum Gasteiger partial charge on any atom is 0.152 e. The summed E-state index contributed by atoms with van der Waals surface area (Å²) in [5, 5.41) is 12.8. The Hall–Kier alpha value is -3.11. The molecule has 10 nitrogen and oxygen atoms in total. The first-order chi connectivity index (χ1) is 19.0. The molecule has 7 rings (SSSR count). The number of hydrogen-bond donors (Lipinski definition) is 1. The molecule has 0 radical (unpaired) electrons. The summed E-state index contributed by atoms with van der Waals surface area (Å²) in [5.74, 6) is 1.81. The van der Waals surface area contributed by atoms with Gasteiger partial charge in [-0.2, -0.15) is 0 Å². The lowest BCUT2D eigenvalue weighted by Gasteiger charge is -2.40. The quantitative estimate of drug-likeness (QED) is 0.472. The minimum Gasteiger partial charge on any atom is -0.375 e. The zero-order valence-corrected chi connectivity index (χ0v) is 23.1. The minimum atomic E-state index is -0.454. The number of piperidine rings is 1. The largest absolute Gasteiger partial charge is 0.375 e. The molecule has 0 aromatic carbocycles. The molecular weight excluding hydrogens is 490 g/mol. The van der Waals surface area contributed by atoms with Crippen LogP contribution in [0.5, 0.6) is 0 Å². The average Bonchev–Trinajstić information content (AvgIpc) is 3.51. The van der Waals surface area contributed by atoms with Gasteiger partial charge in [-0.15, -0.1) is 5.10 Å². The van der Waals surface area contributed by atoms with Crippen LogP contribution in [0.3, 0.4) is 0 Å². The Bertz CT molecular complexity index is 1300. The van der Waals surface area contributed by atoms with Gasteiger partial charge in [0.25, 0.3) is 0 Å². The van der Waals surface area contributed by atoms with Crippen LogP contribution in [0.4, 0.5) is 11.5 Å². The van der Waals surface area contributed by atoms with Gasteiger partial charge in [-0.05, 0) is 62.1 Å². The van der Waals surface area contributed by atoms with E-state index in [4.69, 9.17) is 14.7 Å². The Morgan fingerprint density at radius 1 is 1.03 bits per heavy atom. The van der Waals surface area contributed by atoms with Gasteiger partial charge in [0.1, 0.15) is 17.2 Å². The summed E-state index contributed by atoms with van der Waals surface area (Å²) in [4.78, 5) is 19.1. The smallest absolute Gasteiger partial charge is 0.152 e. The Balaban J connectivity index is 1.07. The molecule has 6 heterocycles. The summed E-state index contributed by atoms with van der Waals surface area (Å²) in [6.45, 7) is 10.9. The molecule has 1 saturated carbocycles. The van der Waals surface area contributed by atoms with Crippen LogP contribution in [0.25, 0.3) is 11.4 Å². The highest BCUT2D eigenvalue weighted by Gasteiger charge is 2.45. The molecule has 0 amide bonds. The van der Waals surface area contributed by atoms with Crippen molar-refractivity contribution in [3.05, 3.63) is 42.6 Å². The van der Waals surface area contributed by atoms with Crippen molar-refractivity contribution in [2.45, 2.75) is 57.5 Å². The van der Waals surface area contributed by atoms with Gasteiger partial charge in [-0.3, -0.25) is 9.97 Å². The van der Waals surface area contributed by atoms with Gasteiger partial charge in [0, 0.05) is 32.2 Å². The third-order valence-electron chi connectivity index (χ3n) is 8.90. The second kappa shape index (κ2) is 9.82. The molecule has 4 aliphatic rings. The summed E-state index contributed by atoms with van der Waals surface area (Å²) in [6, 6.07) is 4.91. The summed E-state index contributed by atoms with van der Waals surface area (Å²) < 4.78 is 7.60. The van der Waals surface area contributed by atoms with E-state index in [9.17, 15) is 0 Å². The third-order valence-corrected chi connectivity index (χ3v) is 8.90. The molecule has 3 aliphatic heterocycles. The highest BCUT2D eigenvalue weighted by molar-refractivity contribution is 5.55. The van der Waals surface area contributed by atoms with E-state index in [1.807, 2.05) is 23.3 Å². The molecule has 1 unspecified atom stereocenters. The fraction of sp³-hybridized carbons (Fsp3) is 0.621. The average molecular weight is 530 g/mol. The van der Waals surface area contributed by atoms with E-state index in [1.165, 1.54) is 37.9 Å². The SMILES string of the molecule is CC1(C)CCN(c2cncc(-c3cn(C4(c5ccc(N6CCCC(NCC7CC7)C6)cn5)COC4)nn3)n2)C1. The molecular formula is C29H39N9O. The third kappa shape index (κ3) is 5.00. The molecule has 206 valence electrons. The first-order valence-corrected chi connectivity index (χ1v) is 14.5. The molecule has 1 aliphatic carbocycles. The summed E-state index contributed by atoms with van der Waals surface area (Å²) >= 11 is 0. The van der Waals surface area contributed by atoms with E-state index in [0.717, 1.165) is 55.7 Å². The lowest BCUT2D eigenvalue weighted by Crippen LogP contribution is -2.53. The molecule has 10 heteroatoms. The number of nitrogens with zero attached hydrogens (tertiary/aromatic N) is 8. The van der Waals surface area contributed by atoms with Crippen molar-refractivity contribution < 1.29 is 4.74 Å². The predicted molar refractivity (Wildman–Crippen MR) is 150 cm³/mol. The van der Waals surface area contributed by atoms with Gasteiger partial charge in [0.05, 0.1) is 49.4 Å². The Morgan fingerprint density at radius 3 is 2.64 bits per heavy atom. The lowest BCUT2D eigenvalue weighted by molar-refractivity contribution is -0.0851. The van der Waals surface area contributed by atoms with Crippen LogP contribution in [0.1, 0.15) is 51.6 Å². The number of hydrogen-bond acceptors (Lipinski definition) is 9. The second-order valence-corrected chi connectivity index (χ2v) is 12.7. The molecule has 0 bridgehead atoms. The zero-order valence-electron chi connectivity index (χ0n) is 23.1. The van der Waals surface area contributed by atoms with E-state index in [2.05, 4.69) is 56.4 Å². The topological polar surface area (TPSA) is 97.1 Å².